The summed E-state index contributed by atoms with van der Waals surface area (Å²) in [4.78, 5) is 24.4. The van der Waals surface area contributed by atoms with Crippen molar-refractivity contribution in [3.8, 4) is 0 Å². The molecule has 2 rings (SSSR count). The number of carbonyl (C=O) groups excluding carboxylic acids is 2. The van der Waals surface area contributed by atoms with E-state index in [0.29, 0.717) is 25.7 Å². The first kappa shape index (κ1) is 22.7. The largest absolute Gasteiger partial charge is 0.743 e. The molecule has 0 spiro atoms. The van der Waals surface area contributed by atoms with Gasteiger partial charge >= 0.3 is 17.2 Å². The third-order valence-electron chi connectivity index (χ3n) is 5.58. The van der Waals surface area contributed by atoms with Gasteiger partial charge in [0.05, 0.1) is 5.92 Å². The van der Waals surface area contributed by atoms with E-state index in [9.17, 15) is 31.3 Å². The highest BCUT2D eigenvalue weighted by Gasteiger charge is 2.50. The first-order valence-electron chi connectivity index (χ1n) is 9.04. The number of carbonyl (C=O) groups is 2. The molecule has 0 aromatic rings. The number of ether oxygens (including phenoxy) is 2. The summed E-state index contributed by atoms with van der Waals surface area (Å²) in [5, 5.41) is -4.68. The number of fused-ring (bicyclic) bond motifs is 2. The zero-order valence-corrected chi connectivity index (χ0v) is 16.9. The molecule has 2 saturated carbocycles. The molecule has 0 N–H and O–H groups in total. The fourth-order valence-corrected chi connectivity index (χ4v) is 4.78. The average Bonchev–Trinajstić information content (AvgIpc) is 2.50. The number of hydrogen-bond acceptors (Lipinski definition) is 7. The molecule has 5 unspecified atom stereocenters. The van der Waals surface area contributed by atoms with Gasteiger partial charge in [-0.15, -0.1) is 0 Å². The van der Waals surface area contributed by atoms with Crippen LogP contribution in [0.25, 0.3) is 0 Å². The Morgan fingerprint density at radius 2 is 1.89 bits per heavy atom. The van der Waals surface area contributed by atoms with Crippen molar-refractivity contribution in [2.24, 2.45) is 23.7 Å². The van der Waals surface area contributed by atoms with Gasteiger partial charge in [-0.05, 0) is 57.3 Å². The van der Waals surface area contributed by atoms with Gasteiger partial charge in [-0.1, -0.05) is 13.5 Å². The number of hydrogen-bond donors (Lipinski definition) is 0. The van der Waals surface area contributed by atoms with Gasteiger partial charge in [0.2, 0.25) is 0 Å². The molecule has 2 aliphatic rings. The van der Waals surface area contributed by atoms with Gasteiger partial charge in [-0.3, -0.25) is 4.79 Å². The number of halogens is 2. The van der Waals surface area contributed by atoms with Crippen molar-refractivity contribution in [1.29, 1.82) is 0 Å². The highest BCUT2D eigenvalue weighted by Crippen LogP contribution is 2.51. The molecule has 2 fully saturated rings. The molecule has 28 heavy (non-hydrogen) atoms. The van der Waals surface area contributed by atoms with Crippen LogP contribution < -0.4 is 0 Å². The van der Waals surface area contributed by atoms with E-state index in [-0.39, 0.29) is 23.3 Å². The van der Waals surface area contributed by atoms with Crippen molar-refractivity contribution >= 4 is 22.1 Å². The average molecular weight is 423 g/mol. The van der Waals surface area contributed by atoms with E-state index in [1.54, 1.807) is 13.8 Å². The summed E-state index contributed by atoms with van der Waals surface area (Å²) >= 11 is 0. The van der Waals surface area contributed by atoms with Crippen molar-refractivity contribution in [3.05, 3.63) is 12.2 Å². The first-order valence-corrected chi connectivity index (χ1v) is 10.4. The predicted octanol–water partition coefficient (Wildman–Crippen LogP) is 2.62. The van der Waals surface area contributed by atoms with Crippen LogP contribution in [-0.2, 0) is 29.2 Å². The zero-order chi connectivity index (χ0) is 21.5. The zero-order valence-electron chi connectivity index (χ0n) is 16.1. The van der Waals surface area contributed by atoms with Crippen LogP contribution in [0.3, 0.4) is 0 Å². The van der Waals surface area contributed by atoms with Crippen LogP contribution in [0.5, 0.6) is 0 Å². The Morgan fingerprint density at radius 1 is 1.29 bits per heavy atom. The SMILES string of the molecule is C=C(C)C(=O)OC1(C)CC2CC(C)C(C(=O)OCC(F)(F)S(=O)(=O)[O-])C(C2)C1. The summed E-state index contributed by atoms with van der Waals surface area (Å²) in [5.41, 5.74) is -0.563. The molecular weight excluding hydrogens is 398 g/mol. The molecule has 0 amide bonds. The summed E-state index contributed by atoms with van der Waals surface area (Å²) in [6, 6.07) is 0. The molecule has 0 aromatic carbocycles. The van der Waals surface area contributed by atoms with Crippen LogP contribution >= 0.6 is 0 Å². The topological polar surface area (TPSA) is 110 Å². The lowest BCUT2D eigenvalue weighted by Crippen LogP contribution is -2.49. The standard InChI is InChI=1S/C18H26F2O7S/c1-10(2)15(21)27-17(4)7-12-5-11(3)14(13(6-12)8-17)16(22)26-9-18(19,20)28(23,24)25/h11-14H,1,5-9H2,2-4H3,(H,23,24,25)/p-1. The van der Waals surface area contributed by atoms with Gasteiger partial charge in [0.1, 0.15) is 5.60 Å². The van der Waals surface area contributed by atoms with Crippen molar-refractivity contribution in [2.45, 2.75) is 57.3 Å². The summed E-state index contributed by atoms with van der Waals surface area (Å²) in [6.45, 7) is 6.84. The van der Waals surface area contributed by atoms with Crippen LogP contribution in [0.2, 0.25) is 0 Å². The minimum atomic E-state index is -5.93. The summed E-state index contributed by atoms with van der Waals surface area (Å²) in [6.07, 6.45) is 2.25. The van der Waals surface area contributed by atoms with Crippen LogP contribution in [0.4, 0.5) is 8.78 Å². The Balaban J connectivity index is 2.12. The maximum Gasteiger partial charge on any atom is 0.367 e. The van der Waals surface area contributed by atoms with Crippen molar-refractivity contribution in [1.82, 2.24) is 0 Å². The quantitative estimate of drug-likeness (QED) is 0.367. The fraction of sp³-hybridized carbons (Fsp3) is 0.778. The number of rotatable bonds is 6. The second kappa shape index (κ2) is 7.70. The highest BCUT2D eigenvalue weighted by atomic mass is 32.2. The lowest BCUT2D eigenvalue weighted by molar-refractivity contribution is -0.173. The molecule has 160 valence electrons. The first-order chi connectivity index (χ1) is 12.7. The van der Waals surface area contributed by atoms with E-state index >= 15 is 0 Å². The maximum atomic E-state index is 13.3. The lowest BCUT2D eigenvalue weighted by Gasteiger charge is -2.49. The highest BCUT2D eigenvalue weighted by molar-refractivity contribution is 7.86. The van der Waals surface area contributed by atoms with Gasteiger partial charge in [-0.2, -0.15) is 8.78 Å². The van der Waals surface area contributed by atoms with Gasteiger partial charge in [0, 0.05) is 5.57 Å². The van der Waals surface area contributed by atoms with E-state index in [2.05, 4.69) is 11.3 Å². The molecule has 0 radical (unpaired) electrons. The third kappa shape index (κ3) is 4.89. The smallest absolute Gasteiger partial charge is 0.367 e. The number of alkyl halides is 2. The molecule has 5 atom stereocenters. The summed E-state index contributed by atoms with van der Waals surface area (Å²) in [7, 11) is -5.93. The Bertz CT molecular complexity index is 762. The van der Waals surface area contributed by atoms with Crippen molar-refractivity contribution in [3.63, 3.8) is 0 Å². The van der Waals surface area contributed by atoms with Crippen LogP contribution in [0.1, 0.15) is 46.5 Å². The normalized spacial score (nSPS) is 33.1. The summed E-state index contributed by atoms with van der Waals surface area (Å²) < 4.78 is 68.4. The van der Waals surface area contributed by atoms with Gasteiger partial charge < -0.3 is 14.0 Å². The Morgan fingerprint density at radius 3 is 2.43 bits per heavy atom. The fourth-order valence-electron chi connectivity index (χ4n) is 4.58. The van der Waals surface area contributed by atoms with E-state index in [1.807, 2.05) is 0 Å². The van der Waals surface area contributed by atoms with E-state index < -0.39 is 45.4 Å². The third-order valence-corrected chi connectivity index (χ3v) is 6.43. The lowest BCUT2D eigenvalue weighted by atomic mass is 9.59. The Labute approximate surface area is 163 Å². The van der Waals surface area contributed by atoms with E-state index in [1.165, 1.54) is 6.92 Å². The maximum absolute atomic E-state index is 13.3. The summed E-state index contributed by atoms with van der Waals surface area (Å²) in [5.74, 6) is -2.48. The minimum Gasteiger partial charge on any atom is -0.743 e. The molecule has 0 aliphatic heterocycles. The predicted molar refractivity (Wildman–Crippen MR) is 93.0 cm³/mol. The molecule has 7 nitrogen and oxygen atoms in total. The van der Waals surface area contributed by atoms with Crippen molar-refractivity contribution < 1.29 is 40.8 Å². The van der Waals surface area contributed by atoms with Gasteiger partial charge in [0.25, 0.3) is 0 Å². The Hall–Kier alpha value is -1.55. The Kier molecular flexibility index (Phi) is 6.25. The van der Waals surface area contributed by atoms with E-state index in [4.69, 9.17) is 4.74 Å². The van der Waals surface area contributed by atoms with Crippen LogP contribution in [0.15, 0.2) is 12.2 Å². The van der Waals surface area contributed by atoms with E-state index in [0.717, 1.165) is 0 Å². The van der Waals surface area contributed by atoms with Crippen molar-refractivity contribution in [2.75, 3.05) is 6.61 Å². The molecule has 2 bridgehead atoms. The number of esters is 2. The van der Waals surface area contributed by atoms with Crippen LogP contribution in [0, 0.1) is 23.7 Å². The molecule has 2 aliphatic carbocycles. The second-order valence-electron chi connectivity index (χ2n) is 8.33. The monoisotopic (exact) mass is 423 g/mol. The molecule has 0 heterocycles. The van der Waals surface area contributed by atoms with Crippen LogP contribution in [-0.4, -0.2) is 42.4 Å². The molecule has 10 heteroatoms. The minimum absolute atomic E-state index is 0.171. The van der Waals surface area contributed by atoms with Gasteiger partial charge in [0.15, 0.2) is 16.7 Å². The molecular formula is C18H25F2O7S-. The second-order valence-corrected chi connectivity index (χ2v) is 9.83. The van der Waals surface area contributed by atoms with Gasteiger partial charge in [-0.25, -0.2) is 13.2 Å². The molecule has 0 aromatic heterocycles. The molecule has 0 saturated heterocycles.